The second-order valence-corrected chi connectivity index (χ2v) is 17.8. The molecule has 10 rings (SSSR count). The smallest absolute Gasteiger partial charge is 0.284 e. The lowest BCUT2D eigenvalue weighted by atomic mass is 9.85. The first kappa shape index (κ1) is 39.7. The van der Waals surface area contributed by atoms with Gasteiger partial charge in [0.1, 0.15) is 11.4 Å². The fraction of sp³-hybridized carbons (Fsp3) is 0.500. The van der Waals surface area contributed by atoms with Gasteiger partial charge in [-0.05, 0) is 72.9 Å². The number of nitrogens with one attached hydrogen (secondary N) is 3. The molecular weight excluding hydrogens is 809 g/mol. The van der Waals surface area contributed by atoms with Crippen molar-refractivity contribution < 1.29 is 32.7 Å². The number of hydrogen-bond acceptors (Lipinski definition) is 12. The number of imide groups is 1. The Morgan fingerprint density at radius 2 is 1.80 bits per heavy atom. The minimum Gasteiger partial charge on any atom is -0.374 e. The van der Waals surface area contributed by atoms with Gasteiger partial charge in [-0.2, -0.15) is 10.2 Å². The van der Waals surface area contributed by atoms with Crippen molar-refractivity contribution in [1.29, 1.82) is 0 Å². The van der Waals surface area contributed by atoms with E-state index < -0.39 is 18.0 Å². The van der Waals surface area contributed by atoms with E-state index in [4.69, 9.17) is 9.72 Å². The molecular formula is C42H47F2N11O5S. The zero-order valence-corrected chi connectivity index (χ0v) is 34.3. The molecule has 5 aromatic rings. The van der Waals surface area contributed by atoms with Crippen molar-refractivity contribution >= 4 is 67.9 Å². The number of amides is 4. The summed E-state index contributed by atoms with van der Waals surface area (Å²) < 4.78 is 38.3. The number of piperidine rings is 1. The van der Waals surface area contributed by atoms with Crippen LogP contribution in [0.4, 0.5) is 26.0 Å². The number of benzene rings is 1. The number of thiophene rings is 1. The van der Waals surface area contributed by atoms with Gasteiger partial charge in [0.05, 0.1) is 59.5 Å². The summed E-state index contributed by atoms with van der Waals surface area (Å²) in [6.07, 6.45) is 7.17. The standard InChI is InChI=1S/C42H47F2N11O5S/c43-39(44)37-33(47-42(59)30-17-45-54-11-10-34(48-40(30)54)53-19-27-16-26(53)22-60-27)20-55(50-37)25-6-4-24(5-7-25)18-51-12-14-52(15-13-51)21-36(57)46-32-3-1-2-28-31(23-61-38(28)32)29-8-9-35(56)49-41(29)58/h1-3,10-11,17,20,23-27,29,39H,4-9,12-16,18-19,21-22H2,(H,46,57)(H,47,59)(H,49,56,58)/t24?,25?,26-,27-,29+/m0/s1. The average molecular weight is 856 g/mol. The molecule has 0 radical (unpaired) electrons. The second-order valence-electron chi connectivity index (χ2n) is 16.9. The first-order valence-electron chi connectivity index (χ1n) is 21.1. The van der Waals surface area contributed by atoms with E-state index in [-0.39, 0.29) is 59.6 Å². The molecule has 2 bridgehead atoms. The third-order valence-electron chi connectivity index (χ3n) is 13.1. The lowest BCUT2D eigenvalue weighted by molar-refractivity contribution is -0.134. The SMILES string of the molecule is O=C1CC[C@H](c2csc3c(NC(=O)CN4CCN(CC5CCC(n6cc(NC(=O)c7cnn8ccc(N9C[C@@H]%10C[C@H]9CO%10)nc78)c(C(F)F)n6)CC5)CC4)cccc23)C(=O)N1. The summed E-state index contributed by atoms with van der Waals surface area (Å²) in [6.45, 7) is 5.83. The number of morpholine rings is 1. The number of halogens is 2. The summed E-state index contributed by atoms with van der Waals surface area (Å²) in [6, 6.07) is 7.76. The number of hydrogen-bond donors (Lipinski definition) is 3. The molecule has 3 atom stereocenters. The van der Waals surface area contributed by atoms with E-state index in [0.29, 0.717) is 31.0 Å². The summed E-state index contributed by atoms with van der Waals surface area (Å²) in [5.41, 5.74) is 1.68. The number of anilines is 3. The molecule has 8 heterocycles. The molecule has 4 aliphatic heterocycles. The lowest BCUT2D eigenvalue weighted by Gasteiger charge is -2.38. The molecule has 5 fully saturated rings. The molecule has 4 aromatic heterocycles. The van der Waals surface area contributed by atoms with Crippen molar-refractivity contribution in [2.24, 2.45) is 5.92 Å². The van der Waals surface area contributed by atoms with Gasteiger partial charge >= 0.3 is 0 Å². The molecule has 0 spiro atoms. The van der Waals surface area contributed by atoms with Crippen molar-refractivity contribution in [2.75, 3.05) is 68.0 Å². The van der Waals surface area contributed by atoms with Crippen LogP contribution in [0.3, 0.4) is 0 Å². The van der Waals surface area contributed by atoms with Crippen molar-refractivity contribution in [3.05, 3.63) is 65.1 Å². The first-order valence-corrected chi connectivity index (χ1v) is 22.0. The van der Waals surface area contributed by atoms with Crippen LogP contribution in [-0.2, 0) is 19.1 Å². The number of ether oxygens (including phenoxy) is 1. The molecule has 16 nitrogen and oxygen atoms in total. The molecule has 3 N–H and O–H groups in total. The molecule has 19 heteroatoms. The van der Waals surface area contributed by atoms with Crippen LogP contribution >= 0.6 is 11.3 Å². The van der Waals surface area contributed by atoms with E-state index >= 15 is 0 Å². The number of aromatic nitrogens is 5. The van der Waals surface area contributed by atoms with Crippen LogP contribution in [0.1, 0.15) is 84.9 Å². The van der Waals surface area contributed by atoms with Crippen molar-refractivity contribution in [1.82, 2.24) is 39.5 Å². The van der Waals surface area contributed by atoms with Gasteiger partial charge in [0.15, 0.2) is 11.3 Å². The normalized spacial score (nSPS) is 24.9. The fourth-order valence-electron chi connectivity index (χ4n) is 9.82. The predicted octanol–water partition coefficient (Wildman–Crippen LogP) is 4.82. The predicted molar refractivity (Wildman–Crippen MR) is 223 cm³/mol. The van der Waals surface area contributed by atoms with Crippen LogP contribution in [0.5, 0.6) is 0 Å². The number of fused-ring (bicyclic) bond motifs is 4. The van der Waals surface area contributed by atoms with Gasteiger partial charge < -0.3 is 25.2 Å². The van der Waals surface area contributed by atoms with Gasteiger partial charge in [0.2, 0.25) is 17.7 Å². The van der Waals surface area contributed by atoms with Crippen molar-refractivity contribution in [3.8, 4) is 0 Å². The Bertz CT molecular complexity index is 2490. The fourth-order valence-corrected chi connectivity index (χ4v) is 10.9. The highest BCUT2D eigenvalue weighted by Crippen LogP contribution is 2.39. The van der Waals surface area contributed by atoms with Gasteiger partial charge in [-0.25, -0.2) is 18.3 Å². The highest BCUT2D eigenvalue weighted by atomic mass is 32.1. The average Bonchev–Trinajstić information content (AvgIpc) is 4.11. The Morgan fingerprint density at radius 1 is 0.984 bits per heavy atom. The summed E-state index contributed by atoms with van der Waals surface area (Å²) in [7, 11) is 0. The summed E-state index contributed by atoms with van der Waals surface area (Å²) in [4.78, 5) is 62.5. The number of nitrogens with zero attached hydrogens (tertiary/aromatic N) is 8. The van der Waals surface area contributed by atoms with Gasteiger partial charge in [0, 0.05) is 58.1 Å². The Kier molecular flexibility index (Phi) is 10.7. The molecule has 4 saturated heterocycles. The van der Waals surface area contributed by atoms with Crippen LogP contribution in [0.25, 0.3) is 15.7 Å². The summed E-state index contributed by atoms with van der Waals surface area (Å²) in [5, 5.41) is 19.7. The van der Waals surface area contributed by atoms with Crippen molar-refractivity contribution in [2.45, 2.75) is 75.5 Å². The van der Waals surface area contributed by atoms with Crippen molar-refractivity contribution in [3.63, 3.8) is 0 Å². The molecule has 61 heavy (non-hydrogen) atoms. The second kappa shape index (κ2) is 16.5. The van der Waals surface area contributed by atoms with E-state index in [1.807, 2.05) is 29.6 Å². The zero-order valence-electron chi connectivity index (χ0n) is 33.5. The number of alkyl halides is 2. The van der Waals surface area contributed by atoms with E-state index in [0.717, 1.165) is 98.5 Å². The highest BCUT2D eigenvalue weighted by molar-refractivity contribution is 7.18. The molecule has 0 unspecified atom stereocenters. The Morgan fingerprint density at radius 3 is 2.56 bits per heavy atom. The third-order valence-corrected chi connectivity index (χ3v) is 14.1. The van der Waals surface area contributed by atoms with Gasteiger partial charge in [-0.15, -0.1) is 11.3 Å². The monoisotopic (exact) mass is 855 g/mol. The number of carbonyl (C=O) groups excluding carboxylic acids is 4. The van der Waals surface area contributed by atoms with Crippen LogP contribution < -0.4 is 20.9 Å². The van der Waals surface area contributed by atoms with E-state index in [1.165, 1.54) is 28.2 Å². The molecule has 1 aliphatic carbocycles. The maximum atomic E-state index is 14.3. The zero-order chi connectivity index (χ0) is 41.8. The minimum absolute atomic E-state index is 0.0133. The number of rotatable bonds is 11. The molecule has 1 aromatic carbocycles. The van der Waals surface area contributed by atoms with E-state index in [2.05, 4.69) is 40.8 Å². The first-order chi connectivity index (χ1) is 29.6. The van der Waals surface area contributed by atoms with Gasteiger partial charge in [-0.3, -0.25) is 34.1 Å². The van der Waals surface area contributed by atoms with Crippen LogP contribution in [-0.4, -0.2) is 122 Å². The third kappa shape index (κ3) is 7.99. The molecule has 4 amide bonds. The van der Waals surface area contributed by atoms with Crippen LogP contribution in [0.15, 0.2) is 48.2 Å². The maximum absolute atomic E-state index is 14.3. The lowest BCUT2D eigenvalue weighted by Crippen LogP contribution is -2.49. The maximum Gasteiger partial charge on any atom is 0.284 e. The quantitative estimate of drug-likeness (QED) is 0.156. The summed E-state index contributed by atoms with van der Waals surface area (Å²) in [5.74, 6) is -0.376. The minimum atomic E-state index is -2.87. The van der Waals surface area contributed by atoms with Gasteiger partial charge in [-0.1, -0.05) is 12.1 Å². The molecule has 320 valence electrons. The number of carbonyl (C=O) groups is 4. The van der Waals surface area contributed by atoms with E-state index in [1.54, 1.807) is 10.9 Å². The van der Waals surface area contributed by atoms with Crippen LogP contribution in [0.2, 0.25) is 0 Å². The Balaban J connectivity index is 0.699. The van der Waals surface area contributed by atoms with Gasteiger partial charge in [0.25, 0.3) is 12.3 Å². The Hall–Kier alpha value is -5.37. The van der Waals surface area contributed by atoms with E-state index in [9.17, 15) is 28.0 Å². The van der Waals surface area contributed by atoms with Crippen LogP contribution in [0, 0.1) is 5.92 Å². The number of piperazine rings is 1. The molecule has 5 aliphatic rings. The largest absolute Gasteiger partial charge is 0.374 e. The topological polar surface area (TPSA) is 171 Å². The Labute approximate surface area is 353 Å². The highest BCUT2D eigenvalue weighted by Gasteiger charge is 2.40. The molecule has 1 saturated carbocycles. The summed E-state index contributed by atoms with van der Waals surface area (Å²) >= 11 is 1.49.